The van der Waals surface area contributed by atoms with Gasteiger partial charge in [0.2, 0.25) is 17.8 Å². The van der Waals surface area contributed by atoms with Crippen molar-refractivity contribution in [2.24, 2.45) is 0 Å². The summed E-state index contributed by atoms with van der Waals surface area (Å²) < 4.78 is 0. The number of thiophene rings is 1. The van der Waals surface area contributed by atoms with Crippen molar-refractivity contribution in [3.8, 4) is 0 Å². The van der Waals surface area contributed by atoms with E-state index in [0.717, 1.165) is 6.54 Å². The Balaban J connectivity index is 2.18. The molecule has 7 heteroatoms. The van der Waals surface area contributed by atoms with Crippen LogP contribution in [0.2, 0.25) is 0 Å². The zero-order chi connectivity index (χ0) is 13.8. The van der Waals surface area contributed by atoms with Crippen LogP contribution >= 0.6 is 11.3 Å². The van der Waals surface area contributed by atoms with Crippen molar-refractivity contribution in [1.82, 2.24) is 15.0 Å². The first-order chi connectivity index (χ1) is 9.06. The maximum absolute atomic E-state index is 4.39. The van der Waals surface area contributed by atoms with E-state index in [1.165, 1.54) is 4.88 Å². The van der Waals surface area contributed by atoms with Gasteiger partial charge >= 0.3 is 0 Å². The average molecular weight is 278 g/mol. The van der Waals surface area contributed by atoms with Crippen molar-refractivity contribution in [2.45, 2.75) is 6.54 Å². The molecule has 0 atom stereocenters. The highest BCUT2D eigenvalue weighted by Crippen LogP contribution is 2.15. The number of hydrogen-bond donors (Lipinski definition) is 1. The Morgan fingerprint density at radius 3 is 2.16 bits per heavy atom. The van der Waals surface area contributed by atoms with E-state index in [-0.39, 0.29) is 0 Å². The highest BCUT2D eigenvalue weighted by atomic mass is 32.1. The van der Waals surface area contributed by atoms with Crippen LogP contribution in [0.25, 0.3) is 0 Å². The lowest BCUT2D eigenvalue weighted by atomic mass is 10.5. The summed E-state index contributed by atoms with van der Waals surface area (Å²) in [7, 11) is 7.66. The smallest absolute Gasteiger partial charge is 0.231 e. The minimum absolute atomic E-state index is 0.593. The van der Waals surface area contributed by atoms with Crippen LogP contribution in [0.5, 0.6) is 0 Å². The van der Waals surface area contributed by atoms with Gasteiger partial charge in [-0.15, -0.1) is 11.3 Å². The molecule has 0 aliphatic heterocycles. The lowest BCUT2D eigenvalue weighted by Crippen LogP contribution is -2.20. The van der Waals surface area contributed by atoms with Crippen LogP contribution in [0.1, 0.15) is 4.88 Å². The predicted octanol–water partition coefficient (Wildman–Crippen LogP) is 1.68. The van der Waals surface area contributed by atoms with Gasteiger partial charge in [-0.2, -0.15) is 15.0 Å². The molecular formula is C12H18N6S. The second kappa shape index (κ2) is 5.83. The molecular weight excluding hydrogens is 260 g/mol. The minimum atomic E-state index is 0.593. The maximum Gasteiger partial charge on any atom is 0.231 e. The summed E-state index contributed by atoms with van der Waals surface area (Å²) in [4.78, 5) is 18.1. The monoisotopic (exact) mass is 278 g/mol. The molecule has 0 saturated carbocycles. The highest BCUT2D eigenvalue weighted by Gasteiger charge is 2.09. The third-order valence-electron chi connectivity index (χ3n) is 2.41. The number of anilines is 3. The fraction of sp³-hybridized carbons (Fsp3) is 0.417. The molecule has 0 saturated heterocycles. The summed E-state index contributed by atoms with van der Waals surface area (Å²) in [5.41, 5.74) is 0. The maximum atomic E-state index is 4.39. The Labute approximate surface area is 117 Å². The van der Waals surface area contributed by atoms with Crippen LogP contribution in [0, 0.1) is 0 Å². The molecule has 0 aliphatic rings. The zero-order valence-electron chi connectivity index (χ0n) is 11.6. The molecule has 2 heterocycles. The molecule has 0 fully saturated rings. The summed E-state index contributed by atoms with van der Waals surface area (Å²) in [6.45, 7) is 0.724. The van der Waals surface area contributed by atoms with Crippen LogP contribution in [0.3, 0.4) is 0 Å². The summed E-state index contributed by atoms with van der Waals surface area (Å²) in [5, 5.41) is 5.29. The van der Waals surface area contributed by atoms with Gasteiger partial charge in [0.1, 0.15) is 0 Å². The Morgan fingerprint density at radius 1 is 1.05 bits per heavy atom. The van der Waals surface area contributed by atoms with E-state index < -0.39 is 0 Å². The van der Waals surface area contributed by atoms with Gasteiger partial charge in [0.05, 0.1) is 6.54 Å². The van der Waals surface area contributed by atoms with Crippen LogP contribution in [0.4, 0.5) is 17.8 Å². The lowest BCUT2D eigenvalue weighted by Gasteiger charge is -2.16. The molecule has 0 amide bonds. The number of nitrogens with one attached hydrogen (secondary N) is 1. The van der Waals surface area contributed by atoms with E-state index in [4.69, 9.17) is 0 Å². The Hall–Kier alpha value is -1.89. The van der Waals surface area contributed by atoms with E-state index >= 15 is 0 Å². The van der Waals surface area contributed by atoms with Gasteiger partial charge in [0.25, 0.3) is 0 Å². The van der Waals surface area contributed by atoms with Crippen LogP contribution in [-0.4, -0.2) is 43.1 Å². The predicted molar refractivity (Wildman–Crippen MR) is 80.1 cm³/mol. The van der Waals surface area contributed by atoms with Crippen molar-refractivity contribution in [3.05, 3.63) is 22.4 Å². The van der Waals surface area contributed by atoms with Gasteiger partial charge in [-0.05, 0) is 11.4 Å². The quantitative estimate of drug-likeness (QED) is 0.898. The van der Waals surface area contributed by atoms with Crippen LogP contribution < -0.4 is 15.1 Å². The van der Waals surface area contributed by atoms with Gasteiger partial charge in [-0.1, -0.05) is 6.07 Å². The van der Waals surface area contributed by atoms with E-state index in [2.05, 4.69) is 31.7 Å². The van der Waals surface area contributed by atoms with Gasteiger partial charge < -0.3 is 15.1 Å². The van der Waals surface area contributed by atoms with Gasteiger partial charge in [0.15, 0.2) is 0 Å². The first-order valence-corrected chi connectivity index (χ1v) is 6.81. The van der Waals surface area contributed by atoms with Crippen molar-refractivity contribution >= 4 is 29.2 Å². The topological polar surface area (TPSA) is 57.2 Å². The zero-order valence-corrected chi connectivity index (χ0v) is 12.4. The minimum Gasteiger partial charge on any atom is -0.349 e. The van der Waals surface area contributed by atoms with Gasteiger partial charge in [-0.3, -0.25) is 0 Å². The third-order valence-corrected chi connectivity index (χ3v) is 3.29. The Morgan fingerprint density at radius 2 is 1.68 bits per heavy atom. The van der Waals surface area contributed by atoms with Crippen molar-refractivity contribution in [1.29, 1.82) is 0 Å². The highest BCUT2D eigenvalue weighted by molar-refractivity contribution is 7.09. The first-order valence-electron chi connectivity index (χ1n) is 5.93. The number of aromatic nitrogens is 3. The second-order valence-corrected chi connectivity index (χ2v) is 5.51. The van der Waals surface area contributed by atoms with E-state index in [9.17, 15) is 0 Å². The summed E-state index contributed by atoms with van der Waals surface area (Å²) in [6.07, 6.45) is 0. The fourth-order valence-electron chi connectivity index (χ4n) is 1.41. The average Bonchev–Trinajstić information content (AvgIpc) is 2.89. The molecule has 0 aromatic carbocycles. The molecule has 0 aliphatic carbocycles. The summed E-state index contributed by atoms with van der Waals surface area (Å²) in [6, 6.07) is 4.12. The molecule has 0 bridgehead atoms. The SMILES string of the molecule is CN(C)c1nc(NCc2cccs2)nc(N(C)C)n1. The van der Waals surface area contributed by atoms with Crippen LogP contribution in [-0.2, 0) is 6.54 Å². The second-order valence-electron chi connectivity index (χ2n) is 4.48. The molecule has 2 aromatic heterocycles. The lowest BCUT2D eigenvalue weighted by molar-refractivity contribution is 0.908. The number of hydrogen-bond acceptors (Lipinski definition) is 7. The summed E-state index contributed by atoms with van der Waals surface area (Å²) >= 11 is 1.71. The molecule has 6 nitrogen and oxygen atoms in total. The van der Waals surface area contributed by atoms with Gasteiger partial charge in [0, 0.05) is 33.1 Å². The first kappa shape index (κ1) is 13.5. The summed E-state index contributed by atoms with van der Waals surface area (Å²) in [5.74, 6) is 1.88. The van der Waals surface area contributed by atoms with E-state index in [1.807, 2.05) is 44.1 Å². The molecule has 0 radical (unpaired) electrons. The Bertz CT molecular complexity index is 497. The van der Waals surface area contributed by atoms with Gasteiger partial charge in [-0.25, -0.2) is 0 Å². The molecule has 19 heavy (non-hydrogen) atoms. The molecule has 0 unspecified atom stereocenters. The van der Waals surface area contributed by atoms with E-state index in [1.54, 1.807) is 11.3 Å². The van der Waals surface area contributed by atoms with E-state index in [0.29, 0.717) is 17.8 Å². The number of nitrogens with zero attached hydrogens (tertiary/aromatic N) is 5. The fourth-order valence-corrected chi connectivity index (χ4v) is 2.06. The van der Waals surface area contributed by atoms with Crippen LogP contribution in [0.15, 0.2) is 17.5 Å². The standard InChI is InChI=1S/C12H18N6S/c1-17(2)11-14-10(15-12(16-11)18(3)4)13-8-9-6-5-7-19-9/h5-7H,8H2,1-4H3,(H,13,14,15,16). The third kappa shape index (κ3) is 3.54. The van der Waals surface area contributed by atoms with Crippen molar-refractivity contribution in [3.63, 3.8) is 0 Å². The van der Waals surface area contributed by atoms with Crippen molar-refractivity contribution < 1.29 is 0 Å². The van der Waals surface area contributed by atoms with Crippen molar-refractivity contribution in [2.75, 3.05) is 43.3 Å². The molecule has 0 spiro atoms. The normalized spacial score (nSPS) is 10.3. The molecule has 2 aromatic rings. The Kier molecular flexibility index (Phi) is 4.16. The molecule has 102 valence electrons. The molecule has 1 N–H and O–H groups in total. The molecule has 2 rings (SSSR count). The number of rotatable bonds is 5. The largest absolute Gasteiger partial charge is 0.349 e.